The van der Waals surface area contributed by atoms with Gasteiger partial charge in [0.1, 0.15) is 0 Å². The van der Waals surface area contributed by atoms with Gasteiger partial charge in [-0.1, -0.05) is 30.3 Å². The Bertz CT molecular complexity index is 360. The topological polar surface area (TPSA) is 20.3 Å². The van der Waals surface area contributed by atoms with E-state index < -0.39 is 0 Å². The third-order valence-corrected chi connectivity index (χ3v) is 3.43. The van der Waals surface area contributed by atoms with Gasteiger partial charge < -0.3 is 4.90 Å². The van der Waals surface area contributed by atoms with Crippen LogP contribution in [-0.4, -0.2) is 23.9 Å². The molecule has 0 aromatic heterocycles. The number of carbonyl (C=O) groups excluding carboxylic acids is 1. The van der Waals surface area contributed by atoms with Crippen LogP contribution in [0.1, 0.15) is 17.9 Å². The number of hydrogen-bond acceptors (Lipinski definition) is 1. The highest BCUT2D eigenvalue weighted by atomic mass is 16.2. The lowest BCUT2D eigenvalue weighted by molar-refractivity contribution is -0.129. The van der Waals surface area contributed by atoms with Crippen LogP contribution in [0.25, 0.3) is 0 Å². The molecule has 0 N–H and O–H groups in total. The molecule has 1 aromatic rings. The van der Waals surface area contributed by atoms with E-state index in [-0.39, 0.29) is 5.92 Å². The normalized spacial score (nSPS) is 30.0. The fourth-order valence-corrected chi connectivity index (χ4v) is 2.73. The van der Waals surface area contributed by atoms with Crippen LogP contribution in [0.2, 0.25) is 0 Å². The predicted octanol–water partition coefficient (Wildman–Crippen LogP) is 1.63. The molecule has 1 amide bonds. The summed E-state index contributed by atoms with van der Waals surface area (Å²) >= 11 is 0. The lowest BCUT2D eigenvalue weighted by Crippen LogP contribution is -2.29. The summed E-state index contributed by atoms with van der Waals surface area (Å²) in [6, 6.07) is 10.2. The van der Waals surface area contributed by atoms with Crippen molar-refractivity contribution in [1.82, 2.24) is 4.90 Å². The first-order valence-electron chi connectivity index (χ1n) is 5.20. The van der Waals surface area contributed by atoms with Crippen LogP contribution in [0.4, 0.5) is 0 Å². The van der Waals surface area contributed by atoms with E-state index >= 15 is 0 Å². The average Bonchev–Trinajstić information content (AvgIpc) is 2.79. The van der Waals surface area contributed by atoms with Crippen molar-refractivity contribution in [2.45, 2.75) is 12.3 Å². The van der Waals surface area contributed by atoms with E-state index in [9.17, 15) is 4.79 Å². The number of hydrogen-bond donors (Lipinski definition) is 0. The third kappa shape index (κ3) is 0.999. The summed E-state index contributed by atoms with van der Waals surface area (Å²) in [7, 11) is 0. The molecule has 2 aliphatic heterocycles. The smallest absolute Gasteiger partial charge is 0.230 e. The molecule has 1 aromatic carbocycles. The Morgan fingerprint density at radius 3 is 2.64 bits per heavy atom. The quantitative estimate of drug-likeness (QED) is 0.654. The molecular weight excluding hydrogens is 174 g/mol. The van der Waals surface area contributed by atoms with Gasteiger partial charge in [-0.3, -0.25) is 4.79 Å². The van der Waals surface area contributed by atoms with Gasteiger partial charge in [0.2, 0.25) is 5.91 Å². The third-order valence-electron chi connectivity index (χ3n) is 3.43. The van der Waals surface area contributed by atoms with Crippen molar-refractivity contribution in [3.05, 3.63) is 35.9 Å². The molecule has 72 valence electrons. The highest BCUT2D eigenvalue weighted by Gasteiger charge is 2.45. The largest absolute Gasteiger partial charge is 0.342 e. The number of benzene rings is 1. The highest BCUT2D eigenvalue weighted by Crippen LogP contribution is 2.40. The second kappa shape index (κ2) is 2.84. The summed E-state index contributed by atoms with van der Waals surface area (Å²) < 4.78 is 0. The fourth-order valence-electron chi connectivity index (χ4n) is 2.73. The molecule has 2 heteroatoms. The van der Waals surface area contributed by atoms with Crippen LogP contribution in [0.5, 0.6) is 0 Å². The molecule has 0 spiro atoms. The van der Waals surface area contributed by atoms with Crippen LogP contribution in [0.15, 0.2) is 30.3 Å². The summed E-state index contributed by atoms with van der Waals surface area (Å²) in [6.07, 6.45) is 1.19. The second-order valence-electron chi connectivity index (χ2n) is 4.22. The number of fused-ring (bicyclic) bond motifs is 2. The van der Waals surface area contributed by atoms with E-state index in [0.717, 1.165) is 13.1 Å². The van der Waals surface area contributed by atoms with E-state index in [0.29, 0.717) is 11.8 Å². The summed E-state index contributed by atoms with van der Waals surface area (Å²) in [5, 5.41) is 0. The maximum absolute atomic E-state index is 11.9. The Balaban J connectivity index is 1.97. The first-order valence-corrected chi connectivity index (χ1v) is 5.20. The molecule has 2 bridgehead atoms. The van der Waals surface area contributed by atoms with Gasteiger partial charge in [-0.25, -0.2) is 0 Å². The number of piperidine rings is 1. The molecule has 2 heterocycles. The van der Waals surface area contributed by atoms with Gasteiger partial charge in [0.15, 0.2) is 0 Å². The number of carbonyl (C=O) groups is 1. The molecule has 2 fully saturated rings. The van der Waals surface area contributed by atoms with E-state index in [2.05, 4.69) is 12.1 Å². The zero-order valence-corrected chi connectivity index (χ0v) is 8.02. The maximum atomic E-state index is 11.9. The Hall–Kier alpha value is -1.31. The number of amides is 1. The monoisotopic (exact) mass is 187 g/mol. The van der Waals surface area contributed by atoms with Gasteiger partial charge in [0.05, 0.1) is 5.92 Å². The van der Waals surface area contributed by atoms with Crippen LogP contribution in [0.3, 0.4) is 0 Å². The minimum Gasteiger partial charge on any atom is -0.342 e. The summed E-state index contributed by atoms with van der Waals surface area (Å²) in [6.45, 7) is 1.96. The van der Waals surface area contributed by atoms with E-state index in [1.807, 2.05) is 23.1 Å². The van der Waals surface area contributed by atoms with E-state index in [1.165, 1.54) is 12.0 Å². The van der Waals surface area contributed by atoms with Crippen molar-refractivity contribution in [3.63, 3.8) is 0 Å². The summed E-state index contributed by atoms with van der Waals surface area (Å²) in [5.74, 6) is 1.07. The minimum absolute atomic E-state index is 0.157. The fraction of sp³-hybridized carbons (Fsp3) is 0.417. The first-order chi connectivity index (χ1) is 6.86. The molecular formula is C12H13NO. The molecule has 2 nitrogen and oxygen atoms in total. The van der Waals surface area contributed by atoms with Gasteiger partial charge in [-0.2, -0.15) is 0 Å². The first kappa shape index (κ1) is 8.04. The molecule has 14 heavy (non-hydrogen) atoms. The summed E-state index contributed by atoms with van der Waals surface area (Å²) in [4.78, 5) is 13.9. The lowest BCUT2D eigenvalue weighted by Gasteiger charge is -2.21. The average molecular weight is 187 g/mol. The van der Waals surface area contributed by atoms with Gasteiger partial charge >= 0.3 is 0 Å². The molecule has 2 saturated heterocycles. The van der Waals surface area contributed by atoms with Crippen molar-refractivity contribution >= 4 is 5.91 Å². The van der Waals surface area contributed by atoms with Crippen LogP contribution in [-0.2, 0) is 4.79 Å². The maximum Gasteiger partial charge on any atom is 0.230 e. The Labute approximate surface area is 83.5 Å². The second-order valence-corrected chi connectivity index (χ2v) is 4.22. The standard InChI is InChI=1S/C12H13NO/c14-12-11(9-4-2-1-3-5-9)10-6-7-13(12)8-10/h1-5,10-11H,6-8H2. The van der Waals surface area contributed by atoms with Gasteiger partial charge in [-0.05, 0) is 17.9 Å². The van der Waals surface area contributed by atoms with Crippen LogP contribution < -0.4 is 0 Å². The number of nitrogens with zero attached hydrogens (tertiary/aromatic N) is 1. The van der Waals surface area contributed by atoms with Gasteiger partial charge in [0.25, 0.3) is 0 Å². The van der Waals surface area contributed by atoms with Crippen molar-refractivity contribution in [3.8, 4) is 0 Å². The van der Waals surface area contributed by atoms with Crippen molar-refractivity contribution in [2.24, 2.45) is 5.92 Å². The molecule has 2 atom stereocenters. The van der Waals surface area contributed by atoms with Crippen LogP contribution >= 0.6 is 0 Å². The van der Waals surface area contributed by atoms with Crippen molar-refractivity contribution in [1.29, 1.82) is 0 Å². The Kier molecular flexibility index (Phi) is 1.63. The minimum atomic E-state index is 0.157. The molecule has 2 aliphatic rings. The highest BCUT2D eigenvalue weighted by molar-refractivity contribution is 5.87. The van der Waals surface area contributed by atoms with E-state index in [4.69, 9.17) is 0 Å². The molecule has 0 radical (unpaired) electrons. The summed E-state index contributed by atoms with van der Waals surface area (Å²) in [5.41, 5.74) is 1.20. The van der Waals surface area contributed by atoms with Crippen LogP contribution in [0, 0.1) is 5.92 Å². The SMILES string of the molecule is O=C1C(c2ccccc2)C2CCN1C2. The molecule has 0 saturated carbocycles. The number of rotatable bonds is 1. The molecule has 2 unspecified atom stereocenters. The molecule has 3 rings (SSSR count). The van der Waals surface area contributed by atoms with Gasteiger partial charge in [-0.15, -0.1) is 0 Å². The van der Waals surface area contributed by atoms with Crippen molar-refractivity contribution < 1.29 is 4.79 Å². The molecule has 0 aliphatic carbocycles. The van der Waals surface area contributed by atoms with Gasteiger partial charge in [0, 0.05) is 13.1 Å². The Morgan fingerprint density at radius 2 is 2.00 bits per heavy atom. The zero-order chi connectivity index (χ0) is 9.54. The van der Waals surface area contributed by atoms with Crippen molar-refractivity contribution in [2.75, 3.05) is 13.1 Å². The lowest BCUT2D eigenvalue weighted by atomic mass is 9.86. The Morgan fingerprint density at radius 1 is 1.21 bits per heavy atom. The zero-order valence-electron chi connectivity index (χ0n) is 8.02. The van der Waals surface area contributed by atoms with E-state index in [1.54, 1.807) is 0 Å². The predicted molar refractivity (Wildman–Crippen MR) is 53.9 cm³/mol.